The van der Waals surface area contributed by atoms with E-state index in [-0.39, 0.29) is 6.10 Å². The molecule has 1 aliphatic carbocycles. The summed E-state index contributed by atoms with van der Waals surface area (Å²) in [5, 5.41) is 10.2. The summed E-state index contributed by atoms with van der Waals surface area (Å²) in [4.78, 5) is 0. The van der Waals surface area contributed by atoms with Crippen LogP contribution in [-0.4, -0.2) is 11.2 Å². The van der Waals surface area contributed by atoms with Gasteiger partial charge in [-0.2, -0.15) is 0 Å². The van der Waals surface area contributed by atoms with E-state index in [1.165, 1.54) is 11.1 Å². The summed E-state index contributed by atoms with van der Waals surface area (Å²) in [6.07, 6.45) is 4.85. The van der Waals surface area contributed by atoms with Crippen LogP contribution in [0.25, 0.3) is 5.57 Å². The zero-order valence-corrected chi connectivity index (χ0v) is 9.85. The molecule has 1 aromatic rings. The van der Waals surface area contributed by atoms with Gasteiger partial charge in [-0.25, -0.2) is 0 Å². The summed E-state index contributed by atoms with van der Waals surface area (Å²) < 4.78 is 0. The maximum absolute atomic E-state index is 10.2. The molecule has 16 heavy (non-hydrogen) atoms. The second-order valence-corrected chi connectivity index (χ2v) is 4.51. The molecule has 2 rings (SSSR count). The van der Waals surface area contributed by atoms with Gasteiger partial charge in [-0.1, -0.05) is 49.4 Å². The predicted molar refractivity (Wildman–Crippen MR) is 68.0 cm³/mol. The highest BCUT2D eigenvalue weighted by Gasteiger charge is 2.21. The van der Waals surface area contributed by atoms with E-state index in [1.54, 1.807) is 0 Å². The Morgan fingerprint density at radius 2 is 1.94 bits per heavy atom. The van der Waals surface area contributed by atoms with E-state index in [9.17, 15) is 5.11 Å². The Kier molecular flexibility index (Phi) is 3.25. The van der Waals surface area contributed by atoms with Crippen LogP contribution in [-0.2, 0) is 0 Å². The molecule has 0 radical (unpaired) electrons. The van der Waals surface area contributed by atoms with Crippen LogP contribution in [0.3, 0.4) is 0 Å². The van der Waals surface area contributed by atoms with E-state index in [0.717, 1.165) is 12.0 Å². The summed E-state index contributed by atoms with van der Waals surface area (Å²) in [5.41, 5.74) is 3.43. The molecule has 0 saturated carbocycles. The fourth-order valence-electron chi connectivity index (χ4n) is 2.15. The Bertz CT molecular complexity index is 414. The first-order valence-electron chi connectivity index (χ1n) is 5.81. The normalized spacial score (nSPS) is 27.9. The summed E-state index contributed by atoms with van der Waals surface area (Å²) in [6.45, 7) is 4.17. The molecule has 1 aromatic carbocycles. The molecule has 0 fully saturated rings. The van der Waals surface area contributed by atoms with E-state index in [2.05, 4.69) is 38.1 Å². The van der Waals surface area contributed by atoms with E-state index in [1.807, 2.05) is 18.2 Å². The van der Waals surface area contributed by atoms with Crippen LogP contribution in [0.4, 0.5) is 0 Å². The number of aliphatic hydroxyl groups is 1. The van der Waals surface area contributed by atoms with Gasteiger partial charge in [0.1, 0.15) is 0 Å². The molecule has 0 bridgehead atoms. The minimum atomic E-state index is -0.329. The molecule has 1 aliphatic rings. The van der Waals surface area contributed by atoms with Crippen LogP contribution in [0.1, 0.15) is 25.8 Å². The van der Waals surface area contributed by atoms with Crippen molar-refractivity contribution in [1.29, 1.82) is 0 Å². The maximum atomic E-state index is 10.2. The Hall–Kier alpha value is -1.34. The fraction of sp³-hybridized carbons (Fsp3) is 0.333. The van der Waals surface area contributed by atoms with Gasteiger partial charge in [-0.3, -0.25) is 0 Å². The zero-order chi connectivity index (χ0) is 11.5. The van der Waals surface area contributed by atoms with Gasteiger partial charge >= 0.3 is 0 Å². The fourth-order valence-corrected chi connectivity index (χ4v) is 2.15. The van der Waals surface area contributed by atoms with Gasteiger partial charge in [0, 0.05) is 0 Å². The third kappa shape index (κ3) is 2.10. The number of benzene rings is 1. The van der Waals surface area contributed by atoms with Gasteiger partial charge in [0.25, 0.3) is 0 Å². The third-order valence-corrected chi connectivity index (χ3v) is 3.30. The molecule has 0 aromatic heterocycles. The number of hydrogen-bond acceptors (Lipinski definition) is 1. The SMILES string of the molecule is C/C(=C1/C=CCC(C)C1O)c1ccccc1. The standard InChI is InChI=1S/C15H18O/c1-11-7-6-10-14(15(11)16)12(2)13-8-4-3-5-9-13/h3-6,8-11,15-16H,7H2,1-2H3/b14-12+. The lowest BCUT2D eigenvalue weighted by Gasteiger charge is -2.25. The Morgan fingerprint density at radius 1 is 1.25 bits per heavy atom. The molecule has 2 unspecified atom stereocenters. The third-order valence-electron chi connectivity index (χ3n) is 3.30. The van der Waals surface area contributed by atoms with E-state index >= 15 is 0 Å². The van der Waals surface area contributed by atoms with Gasteiger partial charge in [0.05, 0.1) is 6.10 Å². The Morgan fingerprint density at radius 3 is 2.62 bits per heavy atom. The Labute approximate surface area is 97.1 Å². The second kappa shape index (κ2) is 4.67. The number of allylic oxidation sites excluding steroid dienone is 2. The molecule has 2 atom stereocenters. The summed E-state index contributed by atoms with van der Waals surface area (Å²) in [5.74, 6) is 0.318. The molecule has 1 N–H and O–H groups in total. The van der Waals surface area contributed by atoms with Crippen molar-refractivity contribution in [3.8, 4) is 0 Å². The smallest absolute Gasteiger partial charge is 0.0821 e. The number of aliphatic hydroxyl groups excluding tert-OH is 1. The van der Waals surface area contributed by atoms with Gasteiger partial charge in [0.15, 0.2) is 0 Å². The molecule has 0 spiro atoms. The summed E-state index contributed by atoms with van der Waals surface area (Å²) >= 11 is 0. The lowest BCUT2D eigenvalue weighted by atomic mass is 9.85. The molecule has 0 aliphatic heterocycles. The zero-order valence-electron chi connectivity index (χ0n) is 9.85. The van der Waals surface area contributed by atoms with Crippen LogP contribution in [0.15, 0.2) is 48.1 Å². The van der Waals surface area contributed by atoms with Crippen LogP contribution in [0.2, 0.25) is 0 Å². The quantitative estimate of drug-likeness (QED) is 0.759. The first kappa shape index (κ1) is 11.2. The van der Waals surface area contributed by atoms with Crippen molar-refractivity contribution in [2.24, 2.45) is 5.92 Å². The van der Waals surface area contributed by atoms with Crippen LogP contribution < -0.4 is 0 Å². The molecule has 84 valence electrons. The van der Waals surface area contributed by atoms with E-state index in [0.29, 0.717) is 5.92 Å². The largest absolute Gasteiger partial charge is 0.388 e. The van der Waals surface area contributed by atoms with Crippen LogP contribution in [0.5, 0.6) is 0 Å². The van der Waals surface area contributed by atoms with Crippen molar-refractivity contribution in [3.63, 3.8) is 0 Å². The molecule has 1 heteroatoms. The number of hydrogen-bond donors (Lipinski definition) is 1. The molecule has 0 heterocycles. The predicted octanol–water partition coefficient (Wildman–Crippen LogP) is 3.42. The van der Waals surface area contributed by atoms with E-state index < -0.39 is 0 Å². The Balaban J connectivity index is 2.41. The van der Waals surface area contributed by atoms with Crippen molar-refractivity contribution >= 4 is 5.57 Å². The first-order chi connectivity index (χ1) is 7.70. The molecule has 1 nitrogen and oxygen atoms in total. The van der Waals surface area contributed by atoms with Gasteiger partial charge in [-0.15, -0.1) is 0 Å². The topological polar surface area (TPSA) is 20.2 Å². The van der Waals surface area contributed by atoms with Crippen molar-refractivity contribution in [3.05, 3.63) is 53.6 Å². The van der Waals surface area contributed by atoms with Crippen molar-refractivity contribution < 1.29 is 5.11 Å². The minimum Gasteiger partial charge on any atom is -0.388 e. The molecular formula is C15H18O. The van der Waals surface area contributed by atoms with E-state index in [4.69, 9.17) is 0 Å². The molecule has 0 saturated heterocycles. The lowest BCUT2D eigenvalue weighted by Crippen LogP contribution is -2.22. The maximum Gasteiger partial charge on any atom is 0.0821 e. The molecule has 0 amide bonds. The minimum absolute atomic E-state index is 0.318. The average Bonchev–Trinajstić information content (AvgIpc) is 2.33. The van der Waals surface area contributed by atoms with Crippen LogP contribution >= 0.6 is 0 Å². The highest BCUT2D eigenvalue weighted by Crippen LogP contribution is 2.29. The monoisotopic (exact) mass is 214 g/mol. The highest BCUT2D eigenvalue weighted by atomic mass is 16.3. The first-order valence-corrected chi connectivity index (χ1v) is 5.81. The van der Waals surface area contributed by atoms with Crippen molar-refractivity contribution in [2.45, 2.75) is 26.4 Å². The summed E-state index contributed by atoms with van der Waals surface area (Å²) in [6, 6.07) is 10.2. The lowest BCUT2D eigenvalue weighted by molar-refractivity contribution is 0.152. The second-order valence-electron chi connectivity index (χ2n) is 4.51. The highest BCUT2D eigenvalue weighted by molar-refractivity contribution is 5.70. The van der Waals surface area contributed by atoms with Gasteiger partial charge in [0.2, 0.25) is 0 Å². The van der Waals surface area contributed by atoms with Crippen LogP contribution in [0, 0.1) is 5.92 Å². The molecular weight excluding hydrogens is 196 g/mol. The average molecular weight is 214 g/mol. The van der Waals surface area contributed by atoms with Gasteiger partial charge in [-0.05, 0) is 36.0 Å². The van der Waals surface area contributed by atoms with Gasteiger partial charge < -0.3 is 5.11 Å². The number of rotatable bonds is 1. The van der Waals surface area contributed by atoms with Crippen molar-refractivity contribution in [1.82, 2.24) is 0 Å². The summed E-state index contributed by atoms with van der Waals surface area (Å²) in [7, 11) is 0. The van der Waals surface area contributed by atoms with Crippen molar-refractivity contribution in [2.75, 3.05) is 0 Å².